The maximum atomic E-state index is 12.9. The van der Waals surface area contributed by atoms with Gasteiger partial charge in [0.05, 0.1) is 38.9 Å². The van der Waals surface area contributed by atoms with Gasteiger partial charge in [-0.2, -0.15) is 4.58 Å². The third-order valence-corrected chi connectivity index (χ3v) is 14.2. The Labute approximate surface area is 361 Å². The van der Waals surface area contributed by atoms with Crippen molar-refractivity contribution in [3.05, 3.63) is 106 Å². The highest BCUT2D eigenvalue weighted by Crippen LogP contribution is 2.48. The first-order valence-electron chi connectivity index (χ1n) is 20.9. The first-order chi connectivity index (χ1) is 28.4. The number of unbranched alkanes of at least 4 members (excludes halogenated alkanes) is 2. The molecule has 0 saturated heterocycles. The van der Waals surface area contributed by atoms with E-state index in [1.54, 1.807) is 11.8 Å². The van der Waals surface area contributed by atoms with Gasteiger partial charge < -0.3 is 29.8 Å². The van der Waals surface area contributed by atoms with Gasteiger partial charge in [0.1, 0.15) is 6.54 Å². The third-order valence-electron chi connectivity index (χ3n) is 11.4. The summed E-state index contributed by atoms with van der Waals surface area (Å²) in [7, 11) is -8.59. The van der Waals surface area contributed by atoms with Crippen molar-refractivity contribution >= 4 is 55.0 Å². The summed E-state index contributed by atoms with van der Waals surface area (Å²) in [6.45, 7) is 11.6. The number of nitrogens with two attached hydrogens (primary N) is 1. The highest BCUT2D eigenvalue weighted by Gasteiger charge is 2.44. The highest BCUT2D eigenvalue weighted by molar-refractivity contribution is 8.03. The number of nitrogens with one attached hydrogen (secondary N) is 1. The van der Waals surface area contributed by atoms with Crippen molar-refractivity contribution < 1.29 is 40.0 Å². The Hall–Kier alpha value is -3.57. The molecule has 0 unspecified atom stereocenters. The molecule has 15 heteroatoms. The molecule has 12 nitrogen and oxygen atoms in total. The van der Waals surface area contributed by atoms with E-state index in [0.29, 0.717) is 64.4 Å². The lowest BCUT2D eigenvalue weighted by molar-refractivity contribution is -0.438. The number of para-hydroxylation sites is 2. The van der Waals surface area contributed by atoms with E-state index >= 15 is 0 Å². The number of nitrogens with zero attached hydrogens (tertiary/aromatic N) is 2. The van der Waals surface area contributed by atoms with Crippen molar-refractivity contribution in [3.8, 4) is 0 Å². The standard InChI is InChI=1S/C45H62N4O8S3/c1-44(2)36-16-5-7-18-38(36)48(27-9-11-32-59(51,52)53)40(44)22-20-34-14-13-15-35(43(34)58-31-24-42(50)47-26-30-57-29-25-46)21-23-41-45(3,4)37-17-6-8-19-39(37)49(41)28-10-12-33-60(54,55)56/h5-8,16-23H,9-15,24-33,46H2,1-4H3,(H2-,47,50,51,52,53,54,55,56)/p-1. The second-order valence-corrected chi connectivity index (χ2v) is 20.7. The molecular formula is C45H61N4O8S3-. The average molecular weight is 882 g/mol. The second kappa shape index (κ2) is 21.0. The van der Waals surface area contributed by atoms with Gasteiger partial charge in [-0.25, -0.2) is 16.8 Å². The first-order valence-corrected chi connectivity index (χ1v) is 25.1. The summed E-state index contributed by atoms with van der Waals surface area (Å²) >= 11 is 1.68. The minimum absolute atomic E-state index is 0.0488. The molecule has 5 rings (SSSR count). The summed E-state index contributed by atoms with van der Waals surface area (Å²) in [6, 6.07) is 16.5. The quantitative estimate of drug-likeness (QED) is 0.0745. The van der Waals surface area contributed by atoms with Gasteiger partial charge >= 0.3 is 0 Å². The van der Waals surface area contributed by atoms with Crippen LogP contribution in [0.2, 0.25) is 0 Å². The van der Waals surface area contributed by atoms with Gasteiger partial charge in [0.2, 0.25) is 11.6 Å². The molecule has 1 aliphatic carbocycles. The van der Waals surface area contributed by atoms with Crippen molar-refractivity contribution in [2.45, 2.75) is 89.9 Å². The summed E-state index contributed by atoms with van der Waals surface area (Å²) < 4.78 is 75.8. The number of benzene rings is 2. The maximum Gasteiger partial charge on any atom is 0.220 e. The van der Waals surface area contributed by atoms with Crippen LogP contribution in [0, 0.1) is 0 Å². The second-order valence-electron chi connectivity index (χ2n) is 16.5. The number of rotatable bonds is 22. The van der Waals surface area contributed by atoms with Crippen molar-refractivity contribution in [3.63, 3.8) is 0 Å². The Kier molecular flexibility index (Phi) is 16.6. The molecule has 2 heterocycles. The van der Waals surface area contributed by atoms with Crippen LogP contribution < -0.4 is 16.0 Å². The lowest BCUT2D eigenvalue weighted by atomic mass is 9.81. The van der Waals surface area contributed by atoms with E-state index in [4.69, 9.17) is 10.5 Å². The molecule has 60 heavy (non-hydrogen) atoms. The molecule has 0 saturated carbocycles. The number of amides is 1. The Morgan fingerprint density at radius 1 is 0.883 bits per heavy atom. The molecule has 3 N–H and O–H groups in total. The summed E-state index contributed by atoms with van der Waals surface area (Å²) in [5.41, 5.74) is 13.9. The molecule has 0 spiro atoms. The van der Waals surface area contributed by atoms with Gasteiger partial charge in [0.15, 0.2) is 5.71 Å². The van der Waals surface area contributed by atoms with Crippen LogP contribution in [0.4, 0.5) is 11.4 Å². The van der Waals surface area contributed by atoms with E-state index in [0.717, 1.165) is 47.0 Å². The van der Waals surface area contributed by atoms with Crippen molar-refractivity contribution in [1.29, 1.82) is 0 Å². The fraction of sp³-hybridized carbons (Fsp3) is 0.511. The number of carbonyl (C=O) groups is 1. The lowest BCUT2D eigenvalue weighted by Crippen LogP contribution is -2.28. The van der Waals surface area contributed by atoms with Crippen LogP contribution in [0.3, 0.4) is 0 Å². The van der Waals surface area contributed by atoms with Gasteiger partial charge in [0.25, 0.3) is 0 Å². The van der Waals surface area contributed by atoms with Gasteiger partial charge in [-0.05, 0) is 81.2 Å². The van der Waals surface area contributed by atoms with E-state index in [-0.39, 0.29) is 41.1 Å². The van der Waals surface area contributed by atoms with Crippen LogP contribution in [0.15, 0.2) is 94.6 Å². The maximum absolute atomic E-state index is 12.9. The molecule has 328 valence electrons. The Balaban J connectivity index is 1.50. The number of fused-ring (bicyclic) bond motifs is 2. The molecule has 0 bridgehead atoms. The van der Waals surface area contributed by atoms with Crippen LogP contribution in [0.5, 0.6) is 0 Å². The van der Waals surface area contributed by atoms with Crippen LogP contribution in [0.25, 0.3) is 0 Å². The molecule has 2 aliphatic heterocycles. The number of thioether (sulfide) groups is 1. The average Bonchev–Trinajstić information content (AvgIpc) is 3.54. The molecule has 1 amide bonds. The monoisotopic (exact) mass is 881 g/mol. The first kappa shape index (κ1) is 47.5. The van der Waals surface area contributed by atoms with Crippen LogP contribution >= 0.6 is 11.8 Å². The molecule has 2 aromatic rings. The number of ether oxygens (including phenoxy) is 1. The lowest BCUT2D eigenvalue weighted by Gasteiger charge is -2.27. The summed E-state index contributed by atoms with van der Waals surface area (Å²) in [6.07, 6.45) is 13.4. The molecule has 0 radical (unpaired) electrons. The summed E-state index contributed by atoms with van der Waals surface area (Å²) in [5, 5.41) is 2.94. The SMILES string of the molecule is CC1(C)C(/C=C/C2=C(SCCC(=O)NCCOCCN)C(=C/C=C3/N(CCCCS(=O)(=O)[O-])c4ccccc4C3(C)C)/CCC2)=[N+](CCCCS(=O)(=O)[O-])c2ccccc21. The minimum atomic E-state index is -4.29. The molecule has 0 atom stereocenters. The van der Waals surface area contributed by atoms with E-state index in [9.17, 15) is 30.7 Å². The number of carbonyl (C=O) groups excluding carboxylic acids is 1. The largest absolute Gasteiger partial charge is 0.748 e. The Bertz CT molecular complexity index is 2240. The number of allylic oxidation sites excluding steroid dienone is 7. The van der Waals surface area contributed by atoms with Crippen molar-refractivity contribution in [1.82, 2.24) is 5.32 Å². The van der Waals surface area contributed by atoms with E-state index in [1.807, 2.05) is 24.3 Å². The molecule has 3 aliphatic rings. The normalized spacial score (nSPS) is 18.9. The number of hydrogen-bond donors (Lipinski definition) is 2. The van der Waals surface area contributed by atoms with E-state index in [1.165, 1.54) is 22.3 Å². The smallest absolute Gasteiger partial charge is 0.220 e. The Morgan fingerprint density at radius 3 is 2.28 bits per heavy atom. The van der Waals surface area contributed by atoms with Gasteiger partial charge in [-0.1, -0.05) is 62.4 Å². The van der Waals surface area contributed by atoms with Crippen molar-refractivity contribution in [2.75, 3.05) is 61.6 Å². The fourth-order valence-electron chi connectivity index (χ4n) is 8.41. The number of hydrogen-bond acceptors (Lipinski definition) is 11. The van der Waals surface area contributed by atoms with E-state index < -0.39 is 20.2 Å². The topological polar surface area (TPSA) is 185 Å². The van der Waals surface area contributed by atoms with Gasteiger partial charge in [-0.3, -0.25) is 4.79 Å². The summed E-state index contributed by atoms with van der Waals surface area (Å²) in [4.78, 5) is 16.2. The van der Waals surface area contributed by atoms with Crippen molar-refractivity contribution in [2.24, 2.45) is 5.73 Å². The molecule has 0 fully saturated rings. The molecule has 0 aromatic heterocycles. The zero-order chi connectivity index (χ0) is 43.6. The summed E-state index contributed by atoms with van der Waals surface area (Å²) in [5.74, 6) is -0.248. The zero-order valence-corrected chi connectivity index (χ0v) is 37.9. The minimum Gasteiger partial charge on any atom is -0.748 e. The fourth-order valence-corrected chi connectivity index (χ4v) is 10.7. The Morgan fingerprint density at radius 2 is 1.57 bits per heavy atom. The van der Waals surface area contributed by atoms with Gasteiger partial charge in [-0.15, -0.1) is 11.8 Å². The van der Waals surface area contributed by atoms with Crippen LogP contribution in [-0.4, -0.2) is 98.8 Å². The molecule has 2 aromatic carbocycles. The van der Waals surface area contributed by atoms with Crippen LogP contribution in [0.1, 0.15) is 90.2 Å². The third kappa shape index (κ3) is 12.5. The predicted molar refractivity (Wildman–Crippen MR) is 240 cm³/mol. The predicted octanol–water partition coefficient (Wildman–Crippen LogP) is 6.53. The van der Waals surface area contributed by atoms with Gasteiger partial charge in [0, 0.05) is 89.1 Å². The number of anilines is 1. The molecular weight excluding hydrogens is 821 g/mol. The van der Waals surface area contributed by atoms with E-state index in [2.05, 4.69) is 91.1 Å². The van der Waals surface area contributed by atoms with Crippen LogP contribution in [-0.2, 0) is 40.6 Å². The zero-order valence-electron chi connectivity index (χ0n) is 35.4. The highest BCUT2D eigenvalue weighted by atomic mass is 32.2.